The van der Waals surface area contributed by atoms with Crippen LogP contribution in [0.15, 0.2) is 6.20 Å². The van der Waals surface area contributed by atoms with Gasteiger partial charge >= 0.3 is 6.09 Å². The van der Waals surface area contributed by atoms with Crippen molar-refractivity contribution < 1.29 is 9.53 Å². The first-order chi connectivity index (χ1) is 11.2. The highest BCUT2D eigenvalue weighted by Gasteiger charge is 2.22. The number of amides is 1. The predicted molar refractivity (Wildman–Crippen MR) is 94.3 cm³/mol. The molecule has 0 aliphatic carbocycles. The van der Waals surface area contributed by atoms with E-state index in [9.17, 15) is 4.79 Å². The van der Waals surface area contributed by atoms with E-state index in [1.165, 1.54) is 0 Å². The number of rotatable bonds is 4. The lowest BCUT2D eigenvalue weighted by Gasteiger charge is -2.32. The van der Waals surface area contributed by atoms with Crippen LogP contribution in [-0.2, 0) is 11.3 Å². The zero-order valence-electron chi connectivity index (χ0n) is 14.3. The number of hydrogen-bond donors (Lipinski definition) is 1. The smallest absolute Gasteiger partial charge is 0.407 e. The molecule has 0 unspecified atom stereocenters. The number of aromatic nitrogens is 2. The summed E-state index contributed by atoms with van der Waals surface area (Å²) in [7, 11) is 0. The maximum absolute atomic E-state index is 11.7. The molecule has 1 aliphatic rings. The molecule has 8 heteroatoms. The molecular formula is C16H24Cl2N4O2. The maximum Gasteiger partial charge on any atom is 0.407 e. The SMILES string of the molecule is CC(C)(C)OC(=O)NCC1CCN(Cc2cnc(Cl)nc2Cl)CC1. The minimum absolute atomic E-state index is 0.163. The van der Waals surface area contributed by atoms with E-state index >= 15 is 0 Å². The van der Waals surface area contributed by atoms with Gasteiger partial charge in [0.1, 0.15) is 10.8 Å². The Hall–Kier alpha value is -1.11. The van der Waals surface area contributed by atoms with Gasteiger partial charge in [0.25, 0.3) is 0 Å². The molecule has 1 saturated heterocycles. The van der Waals surface area contributed by atoms with Gasteiger partial charge in [0, 0.05) is 24.8 Å². The van der Waals surface area contributed by atoms with Gasteiger partial charge in [0.2, 0.25) is 5.28 Å². The van der Waals surface area contributed by atoms with Crippen LogP contribution in [0.4, 0.5) is 4.79 Å². The maximum atomic E-state index is 11.7. The van der Waals surface area contributed by atoms with Crippen LogP contribution >= 0.6 is 23.2 Å². The van der Waals surface area contributed by atoms with Crippen molar-refractivity contribution in [2.45, 2.75) is 45.8 Å². The van der Waals surface area contributed by atoms with Crippen molar-refractivity contribution in [2.75, 3.05) is 19.6 Å². The number of likely N-dealkylation sites (tertiary alicyclic amines) is 1. The lowest BCUT2D eigenvalue weighted by atomic mass is 9.96. The third-order valence-corrected chi connectivity index (χ3v) is 4.33. The summed E-state index contributed by atoms with van der Waals surface area (Å²) in [6, 6.07) is 0. The van der Waals surface area contributed by atoms with E-state index in [1.807, 2.05) is 20.8 Å². The second-order valence-electron chi connectivity index (χ2n) is 7.06. The molecule has 1 N–H and O–H groups in total. The Morgan fingerprint density at radius 2 is 2.04 bits per heavy atom. The second kappa shape index (κ2) is 8.32. The highest BCUT2D eigenvalue weighted by Crippen LogP contribution is 2.21. The van der Waals surface area contributed by atoms with Gasteiger partial charge in [-0.1, -0.05) is 11.6 Å². The van der Waals surface area contributed by atoms with Gasteiger partial charge in [0.15, 0.2) is 0 Å². The molecule has 0 atom stereocenters. The molecule has 0 aromatic carbocycles. The van der Waals surface area contributed by atoms with Crippen LogP contribution in [0.1, 0.15) is 39.2 Å². The van der Waals surface area contributed by atoms with E-state index < -0.39 is 5.60 Å². The van der Waals surface area contributed by atoms with Crippen molar-refractivity contribution in [2.24, 2.45) is 5.92 Å². The third kappa shape index (κ3) is 6.42. The third-order valence-electron chi connectivity index (χ3n) is 3.82. The van der Waals surface area contributed by atoms with Crippen LogP contribution < -0.4 is 5.32 Å². The molecule has 1 aliphatic heterocycles. The summed E-state index contributed by atoms with van der Waals surface area (Å²) >= 11 is 11.8. The summed E-state index contributed by atoms with van der Waals surface area (Å²) in [5.74, 6) is 0.464. The molecule has 6 nitrogen and oxygen atoms in total. The molecule has 2 heterocycles. The summed E-state index contributed by atoms with van der Waals surface area (Å²) in [6.45, 7) is 8.82. The fourth-order valence-corrected chi connectivity index (χ4v) is 2.97. The van der Waals surface area contributed by atoms with Crippen LogP contribution in [0.25, 0.3) is 0 Å². The Morgan fingerprint density at radius 1 is 1.38 bits per heavy atom. The quantitative estimate of drug-likeness (QED) is 0.644. The average Bonchev–Trinajstić information content (AvgIpc) is 2.48. The summed E-state index contributed by atoms with van der Waals surface area (Å²) < 4.78 is 5.25. The van der Waals surface area contributed by atoms with Gasteiger partial charge < -0.3 is 10.1 Å². The molecule has 0 bridgehead atoms. The summed E-state index contributed by atoms with van der Waals surface area (Å²) in [6.07, 6.45) is 3.35. The zero-order valence-corrected chi connectivity index (χ0v) is 15.8. The molecule has 24 heavy (non-hydrogen) atoms. The van der Waals surface area contributed by atoms with Crippen LogP contribution in [0.3, 0.4) is 0 Å². The summed E-state index contributed by atoms with van der Waals surface area (Å²) in [5, 5.41) is 3.42. The van der Waals surface area contributed by atoms with Gasteiger partial charge in [0.05, 0.1) is 0 Å². The van der Waals surface area contributed by atoms with E-state index in [-0.39, 0.29) is 11.4 Å². The number of nitrogens with one attached hydrogen (secondary N) is 1. The molecule has 1 amide bonds. The molecule has 0 radical (unpaired) electrons. The minimum atomic E-state index is -0.465. The second-order valence-corrected chi connectivity index (χ2v) is 7.75. The number of hydrogen-bond acceptors (Lipinski definition) is 5. The van der Waals surface area contributed by atoms with E-state index in [0.717, 1.165) is 31.5 Å². The molecule has 2 rings (SSSR count). The normalized spacial score (nSPS) is 16.9. The number of alkyl carbamates (subject to hydrolysis) is 1. The van der Waals surface area contributed by atoms with Crippen molar-refractivity contribution >= 4 is 29.3 Å². The van der Waals surface area contributed by atoms with Gasteiger partial charge in [-0.15, -0.1) is 0 Å². The summed E-state index contributed by atoms with van der Waals surface area (Å²) in [5.41, 5.74) is 0.416. The lowest BCUT2D eigenvalue weighted by Crippen LogP contribution is -2.40. The first-order valence-electron chi connectivity index (χ1n) is 8.09. The molecule has 0 spiro atoms. The van der Waals surface area contributed by atoms with Crippen LogP contribution in [0.5, 0.6) is 0 Å². The van der Waals surface area contributed by atoms with Crippen molar-refractivity contribution in [3.8, 4) is 0 Å². The number of carbonyl (C=O) groups excluding carboxylic acids is 1. The molecular weight excluding hydrogens is 351 g/mol. The first kappa shape index (κ1) is 19.2. The highest BCUT2D eigenvalue weighted by atomic mass is 35.5. The molecule has 0 saturated carbocycles. The van der Waals surface area contributed by atoms with Crippen LogP contribution in [0, 0.1) is 5.92 Å². The van der Waals surface area contributed by atoms with Crippen molar-refractivity contribution in [1.29, 1.82) is 0 Å². The standard InChI is InChI=1S/C16H24Cl2N4O2/c1-16(2,3)24-15(23)20-8-11-4-6-22(7-5-11)10-12-9-19-14(18)21-13(12)17/h9,11H,4-8,10H2,1-3H3,(H,20,23). The van der Waals surface area contributed by atoms with Crippen LogP contribution in [-0.4, -0.2) is 46.2 Å². The van der Waals surface area contributed by atoms with Crippen molar-refractivity contribution in [3.63, 3.8) is 0 Å². The highest BCUT2D eigenvalue weighted by molar-refractivity contribution is 6.32. The van der Waals surface area contributed by atoms with Crippen molar-refractivity contribution in [1.82, 2.24) is 20.2 Å². The van der Waals surface area contributed by atoms with Gasteiger partial charge in [-0.2, -0.15) is 0 Å². The largest absolute Gasteiger partial charge is 0.444 e. The Kier molecular flexibility index (Phi) is 6.66. The number of nitrogens with zero attached hydrogens (tertiary/aromatic N) is 3. The van der Waals surface area contributed by atoms with E-state index in [0.29, 0.717) is 24.2 Å². The monoisotopic (exact) mass is 374 g/mol. The van der Waals surface area contributed by atoms with E-state index in [2.05, 4.69) is 20.2 Å². The Labute approximate surface area is 152 Å². The molecule has 1 aromatic heterocycles. The lowest BCUT2D eigenvalue weighted by molar-refractivity contribution is 0.0509. The minimum Gasteiger partial charge on any atom is -0.444 e. The first-order valence-corrected chi connectivity index (χ1v) is 8.84. The fraction of sp³-hybridized carbons (Fsp3) is 0.688. The van der Waals surface area contributed by atoms with Gasteiger partial charge in [-0.3, -0.25) is 4.90 Å². The topological polar surface area (TPSA) is 67.3 Å². The van der Waals surface area contributed by atoms with Crippen molar-refractivity contribution in [3.05, 3.63) is 22.2 Å². The molecule has 1 fully saturated rings. The average molecular weight is 375 g/mol. The van der Waals surface area contributed by atoms with E-state index in [4.69, 9.17) is 27.9 Å². The summed E-state index contributed by atoms with van der Waals surface area (Å²) in [4.78, 5) is 21.9. The van der Waals surface area contributed by atoms with Crippen LogP contribution in [0.2, 0.25) is 10.4 Å². The van der Waals surface area contributed by atoms with E-state index in [1.54, 1.807) is 6.20 Å². The number of carbonyl (C=O) groups is 1. The predicted octanol–water partition coefficient (Wildman–Crippen LogP) is 3.52. The van der Waals surface area contributed by atoms with Gasteiger partial charge in [-0.25, -0.2) is 14.8 Å². The molecule has 134 valence electrons. The number of ether oxygens (including phenoxy) is 1. The zero-order chi connectivity index (χ0) is 17.7. The Bertz CT molecular complexity index is 570. The Morgan fingerprint density at radius 3 is 2.62 bits per heavy atom. The van der Waals surface area contributed by atoms with Gasteiger partial charge in [-0.05, 0) is 64.2 Å². The molecule has 1 aromatic rings. The number of piperidine rings is 1. The fourth-order valence-electron chi connectivity index (χ4n) is 2.60. The Balaban J connectivity index is 1.72. The number of halogens is 2.